The van der Waals surface area contributed by atoms with E-state index in [9.17, 15) is 13.6 Å². The molecule has 0 radical (unpaired) electrons. The van der Waals surface area contributed by atoms with Crippen LogP contribution in [0.25, 0.3) is 0 Å². The topological polar surface area (TPSA) is 34.0 Å². The first-order chi connectivity index (χ1) is 14.3. The van der Waals surface area contributed by atoms with E-state index in [0.717, 1.165) is 23.5 Å². The van der Waals surface area contributed by atoms with Gasteiger partial charge in [-0.2, -0.15) is 0 Å². The Kier molecular flexibility index (Phi) is 6.70. The van der Waals surface area contributed by atoms with Crippen LogP contribution in [0.5, 0.6) is 0 Å². The van der Waals surface area contributed by atoms with E-state index in [-0.39, 0.29) is 24.3 Å². The number of hydrogen-bond donors (Lipinski definition) is 1. The second-order valence-electron chi connectivity index (χ2n) is 8.18. The van der Waals surface area contributed by atoms with Crippen LogP contribution in [0, 0.1) is 11.6 Å². The maximum atomic E-state index is 13.5. The molecule has 0 fully saturated rings. The molecule has 158 valence electrons. The first-order valence-electron chi connectivity index (χ1n) is 10.3. The van der Waals surface area contributed by atoms with Crippen molar-refractivity contribution in [1.29, 1.82) is 0 Å². The molecule has 0 aliphatic rings. The van der Waals surface area contributed by atoms with Crippen LogP contribution < -0.4 is 5.32 Å². The van der Waals surface area contributed by atoms with E-state index in [1.165, 1.54) is 11.6 Å². The molecule has 0 aliphatic carbocycles. The minimum Gasteiger partial charge on any atom is -0.348 e. The molecule has 30 heavy (non-hydrogen) atoms. The Morgan fingerprint density at radius 1 is 0.900 bits per heavy atom. The van der Waals surface area contributed by atoms with Crippen molar-refractivity contribution in [2.45, 2.75) is 52.6 Å². The third-order valence-corrected chi connectivity index (χ3v) is 5.17. The second-order valence-corrected chi connectivity index (χ2v) is 8.18. The molecule has 0 saturated heterocycles. The van der Waals surface area contributed by atoms with Crippen LogP contribution in [-0.4, -0.2) is 10.5 Å². The number of carbonyl (C=O) groups is 1. The number of nitrogens with zero attached hydrogens (tertiary/aromatic N) is 1. The summed E-state index contributed by atoms with van der Waals surface area (Å²) in [5.41, 5.74) is 4.39. The molecule has 0 unspecified atom stereocenters. The monoisotopic (exact) mass is 410 g/mol. The molecule has 0 atom stereocenters. The first-order valence-corrected chi connectivity index (χ1v) is 10.3. The van der Waals surface area contributed by atoms with E-state index in [0.29, 0.717) is 17.7 Å². The maximum Gasteiger partial charge on any atom is 0.253 e. The molecular weight excluding hydrogens is 382 g/mol. The highest BCUT2D eigenvalue weighted by Crippen LogP contribution is 2.29. The average Bonchev–Trinajstić information content (AvgIpc) is 3.09. The van der Waals surface area contributed by atoms with Crippen LogP contribution in [0.4, 0.5) is 8.78 Å². The number of amides is 1. The fourth-order valence-corrected chi connectivity index (χ4v) is 3.74. The molecule has 1 heterocycles. The predicted octanol–water partition coefficient (Wildman–Crippen LogP) is 5.99. The molecule has 3 rings (SSSR count). The van der Waals surface area contributed by atoms with Gasteiger partial charge in [0.1, 0.15) is 0 Å². The lowest BCUT2D eigenvalue weighted by atomic mass is 10.0. The van der Waals surface area contributed by atoms with E-state index in [2.05, 4.69) is 49.7 Å². The van der Waals surface area contributed by atoms with Gasteiger partial charge in [0.15, 0.2) is 11.6 Å². The van der Waals surface area contributed by atoms with Crippen LogP contribution in [0.3, 0.4) is 0 Å². The van der Waals surface area contributed by atoms with Gasteiger partial charge in [-0.25, -0.2) is 8.78 Å². The molecule has 0 aliphatic heterocycles. The Labute approximate surface area is 176 Å². The van der Waals surface area contributed by atoms with Gasteiger partial charge in [0.05, 0.1) is 5.56 Å². The Hall–Kier alpha value is -2.95. The minimum absolute atomic E-state index is 0.133. The van der Waals surface area contributed by atoms with E-state index < -0.39 is 11.6 Å². The number of rotatable bonds is 7. The summed E-state index contributed by atoms with van der Waals surface area (Å²) in [6.07, 6.45) is 0. The third-order valence-electron chi connectivity index (χ3n) is 5.17. The number of benzene rings is 2. The van der Waals surface area contributed by atoms with Gasteiger partial charge in [0.2, 0.25) is 0 Å². The van der Waals surface area contributed by atoms with Gasteiger partial charge in [-0.15, -0.1) is 0 Å². The van der Waals surface area contributed by atoms with Crippen molar-refractivity contribution in [3.8, 4) is 0 Å². The quantitative estimate of drug-likeness (QED) is 0.510. The third kappa shape index (κ3) is 4.78. The molecule has 1 aromatic heterocycles. The second kappa shape index (κ2) is 9.24. The fourth-order valence-electron chi connectivity index (χ4n) is 3.74. The van der Waals surface area contributed by atoms with Crippen molar-refractivity contribution in [3.63, 3.8) is 0 Å². The van der Waals surface area contributed by atoms with Crippen LogP contribution >= 0.6 is 0 Å². The molecule has 1 amide bonds. The van der Waals surface area contributed by atoms with Crippen molar-refractivity contribution < 1.29 is 13.6 Å². The fraction of sp³-hybridized carbons (Fsp3) is 0.320. The smallest absolute Gasteiger partial charge is 0.253 e. The minimum atomic E-state index is -0.916. The highest BCUT2D eigenvalue weighted by atomic mass is 19.2. The SMILES string of the molecule is CC(C)c1cc(C(=O)NCc2ccc(F)c(F)c2)c(C(C)C)n1Cc1ccccc1. The zero-order valence-corrected chi connectivity index (χ0v) is 17.9. The lowest BCUT2D eigenvalue weighted by molar-refractivity contribution is 0.0949. The maximum absolute atomic E-state index is 13.5. The summed E-state index contributed by atoms with van der Waals surface area (Å²) in [7, 11) is 0. The van der Waals surface area contributed by atoms with Crippen LogP contribution in [-0.2, 0) is 13.1 Å². The van der Waals surface area contributed by atoms with E-state index in [1.54, 1.807) is 0 Å². The summed E-state index contributed by atoms with van der Waals surface area (Å²) < 4.78 is 28.8. The molecule has 3 nitrogen and oxygen atoms in total. The Morgan fingerprint density at radius 3 is 2.20 bits per heavy atom. The molecule has 0 bridgehead atoms. The summed E-state index contributed by atoms with van der Waals surface area (Å²) in [5, 5.41) is 2.86. The van der Waals surface area contributed by atoms with Crippen molar-refractivity contribution in [1.82, 2.24) is 9.88 Å². The van der Waals surface area contributed by atoms with E-state index in [1.807, 2.05) is 24.3 Å². The Morgan fingerprint density at radius 2 is 1.60 bits per heavy atom. The number of hydrogen-bond acceptors (Lipinski definition) is 1. The van der Waals surface area contributed by atoms with Gasteiger partial charge < -0.3 is 9.88 Å². The van der Waals surface area contributed by atoms with Gasteiger partial charge in [-0.1, -0.05) is 64.1 Å². The first kappa shape index (κ1) is 21.8. The lowest BCUT2D eigenvalue weighted by Crippen LogP contribution is -2.24. The van der Waals surface area contributed by atoms with E-state index in [4.69, 9.17) is 0 Å². The molecule has 3 aromatic rings. The van der Waals surface area contributed by atoms with Crippen LogP contribution in [0.15, 0.2) is 54.6 Å². The summed E-state index contributed by atoms with van der Waals surface area (Å²) in [6, 6.07) is 15.8. The number of halogens is 2. The van der Waals surface area contributed by atoms with Crippen LogP contribution in [0.2, 0.25) is 0 Å². The van der Waals surface area contributed by atoms with Crippen molar-refractivity contribution in [2.24, 2.45) is 0 Å². The standard InChI is InChI=1S/C25H28F2N2O/c1-16(2)23-13-20(25(30)28-14-19-10-11-21(26)22(27)12-19)24(17(3)4)29(23)15-18-8-6-5-7-9-18/h5-13,16-17H,14-15H2,1-4H3,(H,28,30). The summed E-state index contributed by atoms with van der Waals surface area (Å²) in [5.74, 6) is -1.63. The lowest BCUT2D eigenvalue weighted by Gasteiger charge is -2.18. The van der Waals surface area contributed by atoms with Gasteiger partial charge in [-0.05, 0) is 41.2 Å². The summed E-state index contributed by atoms with van der Waals surface area (Å²) in [6.45, 7) is 9.21. The zero-order valence-electron chi connectivity index (χ0n) is 17.9. The van der Waals surface area contributed by atoms with Crippen molar-refractivity contribution >= 4 is 5.91 Å². The molecule has 0 spiro atoms. The average molecular weight is 411 g/mol. The highest BCUT2D eigenvalue weighted by molar-refractivity contribution is 5.96. The number of aromatic nitrogens is 1. The summed E-state index contributed by atoms with van der Waals surface area (Å²) in [4.78, 5) is 13.0. The van der Waals surface area contributed by atoms with E-state index >= 15 is 0 Å². The predicted molar refractivity (Wildman–Crippen MR) is 116 cm³/mol. The van der Waals surface area contributed by atoms with Gasteiger partial charge >= 0.3 is 0 Å². The van der Waals surface area contributed by atoms with Crippen molar-refractivity contribution in [3.05, 3.63) is 94.3 Å². The summed E-state index contributed by atoms with van der Waals surface area (Å²) >= 11 is 0. The highest BCUT2D eigenvalue weighted by Gasteiger charge is 2.23. The van der Waals surface area contributed by atoms with Crippen LogP contribution in [0.1, 0.15) is 72.4 Å². The molecule has 1 N–H and O–H groups in total. The largest absolute Gasteiger partial charge is 0.348 e. The Bertz CT molecular complexity index is 1020. The van der Waals surface area contributed by atoms with Gasteiger partial charge in [-0.3, -0.25) is 4.79 Å². The molecule has 2 aromatic carbocycles. The normalized spacial score (nSPS) is 11.3. The van der Waals surface area contributed by atoms with Crippen molar-refractivity contribution in [2.75, 3.05) is 0 Å². The zero-order chi connectivity index (χ0) is 21.8. The molecular formula is C25H28F2N2O. The van der Waals surface area contributed by atoms with Gasteiger partial charge in [0, 0.05) is 24.5 Å². The molecule has 5 heteroatoms. The molecule has 0 saturated carbocycles. The Balaban J connectivity index is 1.91. The van der Waals surface area contributed by atoms with Gasteiger partial charge in [0.25, 0.3) is 5.91 Å². The number of carbonyl (C=O) groups excluding carboxylic acids is 1. The number of nitrogens with one attached hydrogen (secondary N) is 1.